The lowest BCUT2D eigenvalue weighted by atomic mass is 10.0. The summed E-state index contributed by atoms with van der Waals surface area (Å²) in [5.41, 5.74) is -0.766. The van der Waals surface area contributed by atoms with Crippen molar-refractivity contribution in [3.8, 4) is 0 Å². The SMILES string of the molecule is CCCCCCCCCCCCCCCCCC[N+](C)(C)C(O)C(O)C(O)[SiH3].[Cl-]. The zero-order valence-corrected chi connectivity index (χ0v) is 22.7. The molecule has 0 aliphatic carbocycles. The zero-order valence-electron chi connectivity index (χ0n) is 19.9. The molecule has 0 rings (SSSR count). The van der Waals surface area contributed by atoms with E-state index in [1.165, 1.54) is 96.3 Å². The van der Waals surface area contributed by atoms with E-state index < -0.39 is 18.1 Å². The highest BCUT2D eigenvalue weighted by atomic mass is 35.5. The Morgan fingerprint density at radius 3 is 1.24 bits per heavy atom. The van der Waals surface area contributed by atoms with Crippen LogP contribution in [0.1, 0.15) is 110 Å². The first-order chi connectivity index (χ1) is 13.3. The lowest BCUT2D eigenvalue weighted by Crippen LogP contribution is -3.00. The van der Waals surface area contributed by atoms with Gasteiger partial charge in [-0.25, -0.2) is 0 Å². The number of unbranched alkanes of at least 4 members (excludes halogenated alkanes) is 15. The third kappa shape index (κ3) is 17.7. The fourth-order valence-electron chi connectivity index (χ4n) is 3.86. The molecule has 6 heteroatoms. The molecule has 0 aliphatic heterocycles. The number of aliphatic hydroxyl groups excluding tert-OH is 3. The molecule has 178 valence electrons. The molecule has 3 unspecified atom stereocenters. The van der Waals surface area contributed by atoms with E-state index in [-0.39, 0.29) is 12.4 Å². The summed E-state index contributed by atoms with van der Waals surface area (Å²) in [6.45, 7) is 3.12. The van der Waals surface area contributed by atoms with E-state index in [9.17, 15) is 15.3 Å². The second kappa shape index (κ2) is 20.3. The predicted octanol–water partition coefficient (Wildman–Crippen LogP) is 0.691. The van der Waals surface area contributed by atoms with Gasteiger partial charge < -0.3 is 32.2 Å². The standard InChI is InChI=1S/C23H52NO3Si.ClH/c1-4-5-6-7-8-9-10-11-12-13-14-15-16-17-18-19-20-24(2,3)22(26)21(25)23(27)28;/h21-23,25-27H,4-20H2,1-3,28H3;1H/q+1;/p-1. The van der Waals surface area contributed by atoms with Crippen LogP contribution in [0.2, 0.25) is 0 Å². The minimum Gasteiger partial charge on any atom is -1.00 e. The molecule has 0 saturated heterocycles. The average molecular weight is 454 g/mol. The van der Waals surface area contributed by atoms with Crippen molar-refractivity contribution in [2.24, 2.45) is 0 Å². The first-order valence-corrected chi connectivity index (χ1v) is 13.3. The molecule has 0 fully saturated rings. The van der Waals surface area contributed by atoms with Crippen molar-refractivity contribution < 1.29 is 32.2 Å². The van der Waals surface area contributed by atoms with E-state index >= 15 is 0 Å². The van der Waals surface area contributed by atoms with E-state index in [4.69, 9.17) is 0 Å². The fourth-order valence-corrected chi connectivity index (χ4v) is 4.21. The van der Waals surface area contributed by atoms with Crippen LogP contribution < -0.4 is 12.4 Å². The summed E-state index contributed by atoms with van der Waals surface area (Å²) < 4.78 is 0.360. The van der Waals surface area contributed by atoms with E-state index in [0.29, 0.717) is 14.7 Å². The number of rotatable bonds is 20. The van der Waals surface area contributed by atoms with Crippen LogP contribution in [0.3, 0.4) is 0 Å². The van der Waals surface area contributed by atoms with Gasteiger partial charge in [-0.2, -0.15) is 0 Å². The maximum absolute atomic E-state index is 10.2. The molecule has 3 atom stereocenters. The summed E-state index contributed by atoms with van der Waals surface area (Å²) in [7, 11) is 4.34. The van der Waals surface area contributed by atoms with Crippen molar-refractivity contribution in [2.75, 3.05) is 20.6 Å². The van der Waals surface area contributed by atoms with Gasteiger partial charge in [0.15, 0.2) is 6.10 Å². The molecule has 3 N–H and O–H groups in total. The number of quaternary nitrogens is 1. The summed E-state index contributed by atoms with van der Waals surface area (Å²) in [5, 5.41) is 29.6. The van der Waals surface area contributed by atoms with Crippen LogP contribution in [-0.4, -0.2) is 68.7 Å². The third-order valence-electron chi connectivity index (χ3n) is 6.10. The molecule has 0 amide bonds. The smallest absolute Gasteiger partial charge is 0.219 e. The van der Waals surface area contributed by atoms with Crippen molar-refractivity contribution in [1.82, 2.24) is 0 Å². The molecule has 0 bridgehead atoms. The molecule has 0 saturated carbocycles. The molecule has 0 aliphatic rings. The van der Waals surface area contributed by atoms with Gasteiger partial charge in [-0.15, -0.1) is 0 Å². The fraction of sp³-hybridized carbons (Fsp3) is 1.00. The predicted molar refractivity (Wildman–Crippen MR) is 124 cm³/mol. The number of nitrogens with zero attached hydrogens (tertiary/aromatic N) is 1. The number of aliphatic hydroxyl groups is 3. The van der Waals surface area contributed by atoms with Crippen LogP contribution in [-0.2, 0) is 0 Å². The molecule has 4 nitrogen and oxygen atoms in total. The minimum atomic E-state index is -1.03. The zero-order chi connectivity index (χ0) is 21.3. The molecule has 0 radical (unpaired) electrons. The average Bonchev–Trinajstić information content (AvgIpc) is 2.66. The van der Waals surface area contributed by atoms with Gasteiger partial charge in [0.2, 0.25) is 6.23 Å². The number of likely N-dealkylation sites (N-methyl/N-ethyl adjacent to an activating group) is 1. The van der Waals surface area contributed by atoms with E-state index in [0.717, 1.165) is 13.0 Å². The topological polar surface area (TPSA) is 60.7 Å². The summed E-state index contributed by atoms with van der Waals surface area (Å²) in [6.07, 6.45) is 19.8. The molecule has 0 aromatic heterocycles. The Labute approximate surface area is 190 Å². The highest BCUT2D eigenvalue weighted by Gasteiger charge is 2.34. The summed E-state index contributed by atoms with van der Waals surface area (Å²) >= 11 is 0. The van der Waals surface area contributed by atoms with Crippen molar-refractivity contribution in [2.45, 2.75) is 128 Å². The second-order valence-electron chi connectivity index (χ2n) is 9.45. The highest BCUT2D eigenvalue weighted by Crippen LogP contribution is 2.16. The van der Waals surface area contributed by atoms with E-state index in [1.807, 2.05) is 14.1 Å². The lowest BCUT2D eigenvalue weighted by molar-refractivity contribution is -0.941. The Balaban J connectivity index is 0. The van der Waals surface area contributed by atoms with Crippen LogP contribution in [0.4, 0.5) is 0 Å². The Kier molecular flexibility index (Phi) is 22.0. The highest BCUT2D eigenvalue weighted by molar-refractivity contribution is 6.11. The van der Waals surface area contributed by atoms with Gasteiger partial charge in [-0.1, -0.05) is 96.8 Å². The van der Waals surface area contributed by atoms with E-state index in [2.05, 4.69) is 6.92 Å². The first-order valence-electron chi connectivity index (χ1n) is 12.2. The van der Waals surface area contributed by atoms with Crippen LogP contribution >= 0.6 is 0 Å². The second-order valence-corrected chi connectivity index (χ2v) is 10.6. The van der Waals surface area contributed by atoms with Gasteiger partial charge in [0.05, 0.1) is 26.4 Å². The Morgan fingerprint density at radius 2 is 0.931 bits per heavy atom. The molecular weight excluding hydrogens is 402 g/mol. The van der Waals surface area contributed by atoms with Gasteiger partial charge in [0.25, 0.3) is 0 Å². The first kappa shape index (κ1) is 31.5. The quantitative estimate of drug-likeness (QED) is 0.110. The van der Waals surface area contributed by atoms with Gasteiger partial charge >= 0.3 is 0 Å². The Morgan fingerprint density at radius 1 is 0.621 bits per heavy atom. The third-order valence-corrected chi connectivity index (χ3v) is 6.79. The monoisotopic (exact) mass is 453 g/mol. The molecule has 0 aromatic rings. The molecule has 0 heterocycles. The Hall–Kier alpha value is 0.347. The maximum atomic E-state index is 10.2. The van der Waals surface area contributed by atoms with Crippen LogP contribution in [0.25, 0.3) is 0 Å². The normalized spacial score (nSPS) is 15.1. The molecular formula is C23H52ClNO3Si. The molecule has 29 heavy (non-hydrogen) atoms. The summed E-state index contributed by atoms with van der Waals surface area (Å²) in [4.78, 5) is 0. The van der Waals surface area contributed by atoms with Gasteiger partial charge in [0.1, 0.15) is 0 Å². The maximum Gasteiger partial charge on any atom is 0.219 e. The number of halogens is 1. The van der Waals surface area contributed by atoms with E-state index in [1.54, 1.807) is 0 Å². The minimum absolute atomic E-state index is 0. The van der Waals surface area contributed by atoms with Crippen molar-refractivity contribution in [1.29, 1.82) is 0 Å². The molecule has 0 aromatic carbocycles. The summed E-state index contributed by atoms with van der Waals surface area (Å²) in [5.74, 6) is 0. The van der Waals surface area contributed by atoms with Gasteiger partial charge in [-0.3, -0.25) is 0 Å². The number of hydrogen-bond acceptors (Lipinski definition) is 3. The summed E-state index contributed by atoms with van der Waals surface area (Å²) in [6, 6.07) is 0. The van der Waals surface area contributed by atoms with Gasteiger partial charge in [0, 0.05) is 10.2 Å². The Bertz CT molecular complexity index is 346. The lowest BCUT2D eigenvalue weighted by Gasteiger charge is -2.37. The van der Waals surface area contributed by atoms with Crippen molar-refractivity contribution >= 4 is 10.2 Å². The van der Waals surface area contributed by atoms with Crippen LogP contribution in [0, 0.1) is 0 Å². The van der Waals surface area contributed by atoms with Gasteiger partial charge in [-0.05, 0) is 12.8 Å². The van der Waals surface area contributed by atoms with Crippen molar-refractivity contribution in [3.63, 3.8) is 0 Å². The van der Waals surface area contributed by atoms with Crippen LogP contribution in [0.15, 0.2) is 0 Å². The largest absolute Gasteiger partial charge is 1.00 e. The van der Waals surface area contributed by atoms with Crippen LogP contribution in [0.5, 0.6) is 0 Å². The molecule has 0 spiro atoms. The van der Waals surface area contributed by atoms with Crippen molar-refractivity contribution in [3.05, 3.63) is 0 Å². The number of hydrogen-bond donors (Lipinski definition) is 3.